The Balaban J connectivity index is 3.02. The maximum absolute atomic E-state index is 13.2. The van der Waals surface area contributed by atoms with Crippen molar-refractivity contribution in [1.29, 1.82) is 0 Å². The summed E-state index contributed by atoms with van der Waals surface area (Å²) in [5.74, 6) is 0.295. The minimum Gasteiger partial charge on any atom is -0.206 e. The molecule has 2 heteroatoms. The molecule has 1 aromatic rings. The summed E-state index contributed by atoms with van der Waals surface area (Å²) in [5, 5.41) is 0. The van der Waals surface area contributed by atoms with Crippen LogP contribution in [0.1, 0.15) is 25.3 Å². The third-order valence-corrected chi connectivity index (χ3v) is 2.61. The van der Waals surface area contributed by atoms with Crippen molar-refractivity contribution < 1.29 is 4.39 Å². The highest BCUT2D eigenvalue weighted by molar-refractivity contribution is 7.98. The Morgan fingerprint density at radius 3 is 2.42 bits per heavy atom. The van der Waals surface area contributed by atoms with E-state index < -0.39 is 0 Å². The van der Waals surface area contributed by atoms with Gasteiger partial charge in [0.25, 0.3) is 0 Å². The van der Waals surface area contributed by atoms with Crippen LogP contribution in [0, 0.1) is 5.82 Å². The van der Waals surface area contributed by atoms with Crippen LogP contribution >= 0.6 is 11.8 Å². The number of hydrogen-bond acceptors (Lipinski definition) is 1. The number of thioether (sulfide) groups is 1. The van der Waals surface area contributed by atoms with Gasteiger partial charge in [-0.2, -0.15) is 0 Å². The minimum absolute atomic E-state index is 0.103. The zero-order valence-corrected chi connectivity index (χ0v) is 8.41. The molecule has 0 aliphatic rings. The monoisotopic (exact) mass is 184 g/mol. The lowest BCUT2D eigenvalue weighted by Crippen LogP contribution is -1.89. The maximum Gasteiger partial charge on any atom is 0.137 e. The van der Waals surface area contributed by atoms with Crippen LogP contribution in [-0.4, -0.2) is 6.26 Å². The molecule has 0 fully saturated rings. The lowest BCUT2D eigenvalue weighted by molar-refractivity contribution is 0.597. The van der Waals surface area contributed by atoms with E-state index in [2.05, 4.69) is 13.8 Å². The largest absolute Gasteiger partial charge is 0.206 e. The summed E-state index contributed by atoms with van der Waals surface area (Å²) in [5.41, 5.74) is 1.06. The van der Waals surface area contributed by atoms with Crippen molar-refractivity contribution >= 4 is 11.8 Å². The molecule has 66 valence electrons. The fourth-order valence-electron chi connectivity index (χ4n) is 1.04. The molecule has 0 unspecified atom stereocenters. The Kier molecular flexibility index (Phi) is 3.15. The zero-order valence-electron chi connectivity index (χ0n) is 7.60. The van der Waals surface area contributed by atoms with Crippen LogP contribution in [0.5, 0.6) is 0 Å². The van der Waals surface area contributed by atoms with E-state index in [1.54, 1.807) is 6.07 Å². The van der Waals surface area contributed by atoms with Gasteiger partial charge in [-0.15, -0.1) is 11.8 Å². The highest BCUT2D eigenvalue weighted by Gasteiger charge is 2.04. The molecular formula is C10H13FS. The van der Waals surface area contributed by atoms with Gasteiger partial charge in [0.1, 0.15) is 5.82 Å². The highest BCUT2D eigenvalue weighted by Crippen LogP contribution is 2.23. The van der Waals surface area contributed by atoms with Crippen LogP contribution in [0.2, 0.25) is 0 Å². The maximum atomic E-state index is 13.2. The van der Waals surface area contributed by atoms with E-state index in [-0.39, 0.29) is 5.82 Å². The number of halogens is 1. The number of benzene rings is 1. The molecule has 0 saturated heterocycles. The predicted octanol–water partition coefficient (Wildman–Crippen LogP) is 3.67. The van der Waals surface area contributed by atoms with E-state index in [0.717, 1.165) is 10.5 Å². The summed E-state index contributed by atoms with van der Waals surface area (Å²) in [7, 11) is 0. The molecule has 1 rings (SSSR count). The molecule has 0 saturated carbocycles. The van der Waals surface area contributed by atoms with E-state index in [1.165, 1.54) is 11.8 Å². The van der Waals surface area contributed by atoms with Crippen LogP contribution < -0.4 is 0 Å². The van der Waals surface area contributed by atoms with Gasteiger partial charge in [0.2, 0.25) is 0 Å². The molecule has 0 spiro atoms. The molecule has 0 N–H and O–H groups in total. The third-order valence-electron chi connectivity index (χ3n) is 1.84. The van der Waals surface area contributed by atoms with Gasteiger partial charge in [-0.05, 0) is 29.9 Å². The Morgan fingerprint density at radius 2 is 2.00 bits per heavy atom. The molecule has 0 heterocycles. The molecular weight excluding hydrogens is 171 g/mol. The molecule has 1 aromatic carbocycles. The van der Waals surface area contributed by atoms with Crippen molar-refractivity contribution in [1.82, 2.24) is 0 Å². The van der Waals surface area contributed by atoms with Gasteiger partial charge in [0.15, 0.2) is 0 Å². The quantitative estimate of drug-likeness (QED) is 0.632. The van der Waals surface area contributed by atoms with E-state index in [1.807, 2.05) is 18.4 Å². The summed E-state index contributed by atoms with van der Waals surface area (Å²) in [6, 6.07) is 5.45. The molecule has 0 bridgehead atoms. The number of hydrogen-bond donors (Lipinski definition) is 0. The van der Waals surface area contributed by atoms with Crippen molar-refractivity contribution in [2.24, 2.45) is 0 Å². The van der Waals surface area contributed by atoms with Crippen molar-refractivity contribution in [3.8, 4) is 0 Å². The fraction of sp³-hybridized carbons (Fsp3) is 0.400. The lowest BCUT2D eigenvalue weighted by Gasteiger charge is -2.06. The summed E-state index contributed by atoms with van der Waals surface area (Å²) in [6.45, 7) is 4.13. The van der Waals surface area contributed by atoms with E-state index >= 15 is 0 Å². The molecule has 0 radical (unpaired) electrons. The molecule has 0 aliphatic heterocycles. The van der Waals surface area contributed by atoms with E-state index in [4.69, 9.17) is 0 Å². The first kappa shape index (κ1) is 9.59. The molecule has 0 aliphatic carbocycles. The molecule has 0 nitrogen and oxygen atoms in total. The summed E-state index contributed by atoms with van der Waals surface area (Å²) in [4.78, 5) is 0.722. The minimum atomic E-state index is -0.103. The standard InChI is InChI=1S/C10H13FS/c1-7(2)8-4-5-10(12-3)9(11)6-8/h4-7H,1-3H3. The van der Waals surface area contributed by atoms with Gasteiger partial charge < -0.3 is 0 Å². The van der Waals surface area contributed by atoms with Crippen LogP contribution in [0.3, 0.4) is 0 Å². The Hall–Kier alpha value is -0.500. The summed E-state index contributed by atoms with van der Waals surface area (Å²) in [6.07, 6.45) is 1.88. The van der Waals surface area contributed by atoms with E-state index in [0.29, 0.717) is 5.92 Å². The van der Waals surface area contributed by atoms with Gasteiger partial charge in [0, 0.05) is 4.90 Å². The zero-order chi connectivity index (χ0) is 9.14. The smallest absolute Gasteiger partial charge is 0.137 e. The number of rotatable bonds is 2. The van der Waals surface area contributed by atoms with Crippen LogP contribution in [-0.2, 0) is 0 Å². The Bertz CT molecular complexity index is 269. The summed E-state index contributed by atoms with van der Waals surface area (Å²) >= 11 is 1.44. The molecule has 0 atom stereocenters. The van der Waals surface area contributed by atoms with E-state index in [9.17, 15) is 4.39 Å². The first-order chi connectivity index (χ1) is 5.65. The molecule has 0 aromatic heterocycles. The van der Waals surface area contributed by atoms with Crippen LogP contribution in [0.4, 0.5) is 4.39 Å². The van der Waals surface area contributed by atoms with Gasteiger partial charge in [-0.25, -0.2) is 4.39 Å². The molecule has 0 amide bonds. The van der Waals surface area contributed by atoms with Gasteiger partial charge in [-0.3, -0.25) is 0 Å². The predicted molar refractivity (Wildman–Crippen MR) is 52.3 cm³/mol. The van der Waals surface area contributed by atoms with Crippen LogP contribution in [0.25, 0.3) is 0 Å². The SMILES string of the molecule is CSc1ccc(C(C)C)cc1F. The second-order valence-electron chi connectivity index (χ2n) is 3.05. The Labute approximate surface area is 77.2 Å². The van der Waals surface area contributed by atoms with Gasteiger partial charge >= 0.3 is 0 Å². The van der Waals surface area contributed by atoms with Crippen molar-refractivity contribution in [2.45, 2.75) is 24.7 Å². The normalized spacial score (nSPS) is 10.8. The van der Waals surface area contributed by atoms with Crippen molar-refractivity contribution in [3.05, 3.63) is 29.6 Å². The van der Waals surface area contributed by atoms with Crippen molar-refractivity contribution in [2.75, 3.05) is 6.26 Å². The third kappa shape index (κ3) is 2.01. The average molecular weight is 184 g/mol. The first-order valence-electron chi connectivity index (χ1n) is 3.98. The molecule has 12 heavy (non-hydrogen) atoms. The Morgan fingerprint density at radius 1 is 1.33 bits per heavy atom. The van der Waals surface area contributed by atoms with Crippen molar-refractivity contribution in [3.63, 3.8) is 0 Å². The summed E-state index contributed by atoms with van der Waals surface area (Å²) < 4.78 is 13.2. The second kappa shape index (κ2) is 3.94. The topological polar surface area (TPSA) is 0 Å². The first-order valence-corrected chi connectivity index (χ1v) is 5.21. The second-order valence-corrected chi connectivity index (χ2v) is 3.90. The average Bonchev–Trinajstić information content (AvgIpc) is 2.04. The highest BCUT2D eigenvalue weighted by atomic mass is 32.2. The lowest BCUT2D eigenvalue weighted by atomic mass is 10.0. The van der Waals surface area contributed by atoms with Crippen LogP contribution in [0.15, 0.2) is 23.1 Å². The van der Waals surface area contributed by atoms with Gasteiger partial charge in [0.05, 0.1) is 0 Å². The van der Waals surface area contributed by atoms with Gasteiger partial charge in [-0.1, -0.05) is 19.9 Å². The fourth-order valence-corrected chi connectivity index (χ4v) is 1.50.